The van der Waals surface area contributed by atoms with E-state index in [4.69, 9.17) is 5.73 Å². The van der Waals surface area contributed by atoms with Gasteiger partial charge in [0.1, 0.15) is 11.5 Å². The molecule has 0 spiro atoms. The Labute approximate surface area is 122 Å². The standard InChI is InChI=1S/C13H13BrFN3O2/c1-2-17-7-10(16)12(19)18(13(17)20)6-8-4-3-5-9(15)11(8)14/h3-5,7H,2,6,16H2,1H3. The van der Waals surface area contributed by atoms with Gasteiger partial charge in [0.2, 0.25) is 0 Å². The van der Waals surface area contributed by atoms with Crippen molar-refractivity contribution in [2.45, 2.75) is 20.0 Å². The number of aryl methyl sites for hydroxylation is 1. The largest absolute Gasteiger partial charge is 0.393 e. The van der Waals surface area contributed by atoms with Gasteiger partial charge in [-0.3, -0.25) is 13.9 Å². The molecule has 0 aliphatic rings. The van der Waals surface area contributed by atoms with Crippen LogP contribution < -0.4 is 17.0 Å². The SMILES string of the molecule is CCn1cc(N)c(=O)n(Cc2cccc(F)c2Br)c1=O. The third kappa shape index (κ3) is 2.53. The zero-order valence-corrected chi connectivity index (χ0v) is 12.4. The number of anilines is 1. The molecular formula is C13H13BrFN3O2. The molecule has 0 aliphatic carbocycles. The van der Waals surface area contributed by atoms with Gasteiger partial charge in [-0.1, -0.05) is 12.1 Å². The topological polar surface area (TPSA) is 70.0 Å². The average Bonchev–Trinajstić information content (AvgIpc) is 2.43. The van der Waals surface area contributed by atoms with Gasteiger partial charge in [0.05, 0.1) is 11.0 Å². The summed E-state index contributed by atoms with van der Waals surface area (Å²) >= 11 is 3.11. The summed E-state index contributed by atoms with van der Waals surface area (Å²) in [5.74, 6) is -0.449. The second-order valence-electron chi connectivity index (χ2n) is 4.26. The average molecular weight is 342 g/mol. The predicted octanol–water partition coefficient (Wildman–Crippen LogP) is 1.56. The van der Waals surface area contributed by atoms with Gasteiger partial charge in [0.15, 0.2) is 0 Å². The highest BCUT2D eigenvalue weighted by Gasteiger charge is 2.12. The van der Waals surface area contributed by atoms with Crippen molar-refractivity contribution in [1.29, 1.82) is 0 Å². The molecule has 0 unspecified atom stereocenters. The van der Waals surface area contributed by atoms with E-state index >= 15 is 0 Å². The monoisotopic (exact) mass is 341 g/mol. The minimum Gasteiger partial charge on any atom is -0.393 e. The molecule has 1 heterocycles. The highest BCUT2D eigenvalue weighted by molar-refractivity contribution is 9.10. The highest BCUT2D eigenvalue weighted by atomic mass is 79.9. The molecule has 1 aromatic carbocycles. The molecule has 0 fully saturated rings. The van der Waals surface area contributed by atoms with Crippen molar-refractivity contribution in [3.63, 3.8) is 0 Å². The first kappa shape index (κ1) is 14.5. The van der Waals surface area contributed by atoms with Gasteiger partial charge in [-0.2, -0.15) is 0 Å². The van der Waals surface area contributed by atoms with E-state index < -0.39 is 17.1 Å². The van der Waals surface area contributed by atoms with Gasteiger partial charge in [0, 0.05) is 12.7 Å². The van der Waals surface area contributed by atoms with E-state index in [0.29, 0.717) is 12.1 Å². The number of hydrogen-bond acceptors (Lipinski definition) is 3. The lowest BCUT2D eigenvalue weighted by Crippen LogP contribution is -2.40. The van der Waals surface area contributed by atoms with Crippen LogP contribution in [0.15, 0.2) is 38.5 Å². The molecule has 0 atom stereocenters. The number of halogens is 2. The molecule has 1 aromatic heterocycles. The van der Waals surface area contributed by atoms with Crippen LogP contribution in [0.25, 0.3) is 0 Å². The Morgan fingerprint density at radius 3 is 2.70 bits per heavy atom. The fourth-order valence-corrected chi connectivity index (χ4v) is 2.27. The van der Waals surface area contributed by atoms with Gasteiger partial charge < -0.3 is 5.73 Å². The summed E-state index contributed by atoms with van der Waals surface area (Å²) in [5, 5.41) is 0. The smallest absolute Gasteiger partial charge is 0.331 e. The minimum absolute atomic E-state index is 0.0148. The van der Waals surface area contributed by atoms with Crippen molar-refractivity contribution >= 4 is 21.6 Å². The molecule has 0 bridgehead atoms. The molecule has 0 aliphatic heterocycles. The third-order valence-electron chi connectivity index (χ3n) is 2.96. The molecule has 7 heteroatoms. The van der Waals surface area contributed by atoms with E-state index in [-0.39, 0.29) is 16.7 Å². The lowest BCUT2D eigenvalue weighted by Gasteiger charge is -2.11. The Balaban J connectivity index is 2.60. The fraction of sp³-hybridized carbons (Fsp3) is 0.231. The maximum atomic E-state index is 13.5. The molecule has 5 nitrogen and oxygen atoms in total. The number of aromatic nitrogens is 2. The Morgan fingerprint density at radius 2 is 2.05 bits per heavy atom. The second-order valence-corrected chi connectivity index (χ2v) is 5.05. The Hall–Kier alpha value is -1.89. The molecule has 2 N–H and O–H groups in total. The predicted molar refractivity (Wildman–Crippen MR) is 78.3 cm³/mol. The van der Waals surface area contributed by atoms with Crippen LogP contribution in [0.1, 0.15) is 12.5 Å². The Morgan fingerprint density at radius 1 is 1.35 bits per heavy atom. The zero-order chi connectivity index (χ0) is 14.9. The zero-order valence-electron chi connectivity index (χ0n) is 10.8. The maximum Gasteiger partial charge on any atom is 0.331 e. The number of benzene rings is 1. The van der Waals surface area contributed by atoms with Crippen LogP contribution in [0.5, 0.6) is 0 Å². The molecule has 106 valence electrons. The maximum absolute atomic E-state index is 13.5. The van der Waals surface area contributed by atoms with Gasteiger partial charge in [0.25, 0.3) is 5.56 Å². The van der Waals surface area contributed by atoms with Crippen LogP contribution in [0.4, 0.5) is 10.1 Å². The number of nitrogen functional groups attached to an aromatic ring is 1. The van der Waals surface area contributed by atoms with Crippen LogP contribution in [0.3, 0.4) is 0 Å². The van der Waals surface area contributed by atoms with Gasteiger partial charge in [-0.15, -0.1) is 0 Å². The first-order chi connectivity index (χ1) is 9.45. The Bertz CT molecular complexity index is 767. The normalized spacial score (nSPS) is 10.8. The van der Waals surface area contributed by atoms with Crippen molar-refractivity contribution < 1.29 is 4.39 Å². The van der Waals surface area contributed by atoms with Gasteiger partial charge >= 0.3 is 5.69 Å². The lowest BCUT2D eigenvalue weighted by atomic mass is 10.2. The molecular weight excluding hydrogens is 329 g/mol. The van der Waals surface area contributed by atoms with Crippen LogP contribution >= 0.6 is 15.9 Å². The van der Waals surface area contributed by atoms with Crippen molar-refractivity contribution in [2.75, 3.05) is 5.73 Å². The van der Waals surface area contributed by atoms with E-state index in [2.05, 4.69) is 15.9 Å². The molecule has 0 amide bonds. The summed E-state index contributed by atoms with van der Waals surface area (Å²) in [6.45, 7) is 2.13. The van der Waals surface area contributed by atoms with Gasteiger partial charge in [-0.05, 0) is 34.5 Å². The van der Waals surface area contributed by atoms with E-state index in [9.17, 15) is 14.0 Å². The summed E-state index contributed by atoms with van der Waals surface area (Å²) in [6.07, 6.45) is 1.32. The van der Waals surface area contributed by atoms with E-state index in [1.807, 2.05) is 0 Å². The van der Waals surface area contributed by atoms with Crippen molar-refractivity contribution in [2.24, 2.45) is 0 Å². The quantitative estimate of drug-likeness (QED) is 0.920. The van der Waals surface area contributed by atoms with Crippen LogP contribution in [-0.4, -0.2) is 9.13 Å². The van der Waals surface area contributed by atoms with Crippen LogP contribution in [0.2, 0.25) is 0 Å². The number of rotatable bonds is 3. The molecule has 0 radical (unpaired) electrons. The highest BCUT2D eigenvalue weighted by Crippen LogP contribution is 2.20. The van der Waals surface area contributed by atoms with Crippen molar-refractivity contribution in [3.8, 4) is 0 Å². The molecule has 2 rings (SSSR count). The van der Waals surface area contributed by atoms with Crippen LogP contribution in [-0.2, 0) is 13.1 Å². The summed E-state index contributed by atoms with van der Waals surface area (Å²) in [7, 11) is 0. The Kier molecular flexibility index (Phi) is 4.08. The first-order valence-electron chi connectivity index (χ1n) is 5.98. The van der Waals surface area contributed by atoms with Crippen molar-refractivity contribution in [1.82, 2.24) is 9.13 Å². The molecule has 0 saturated heterocycles. The third-order valence-corrected chi connectivity index (χ3v) is 3.85. The van der Waals surface area contributed by atoms with E-state index in [1.165, 1.54) is 22.9 Å². The van der Waals surface area contributed by atoms with Crippen LogP contribution in [0, 0.1) is 5.82 Å². The molecule has 20 heavy (non-hydrogen) atoms. The summed E-state index contributed by atoms with van der Waals surface area (Å²) in [6, 6.07) is 4.45. The number of nitrogens with two attached hydrogens (primary N) is 1. The number of nitrogens with zero attached hydrogens (tertiary/aromatic N) is 2. The summed E-state index contributed by atoms with van der Waals surface area (Å²) in [4.78, 5) is 24.1. The minimum atomic E-state index is -0.573. The first-order valence-corrected chi connectivity index (χ1v) is 6.77. The van der Waals surface area contributed by atoms with Gasteiger partial charge in [-0.25, -0.2) is 9.18 Å². The fourth-order valence-electron chi connectivity index (χ4n) is 1.88. The van der Waals surface area contributed by atoms with E-state index in [1.54, 1.807) is 13.0 Å². The lowest BCUT2D eigenvalue weighted by molar-refractivity contribution is 0.591. The molecule has 0 saturated carbocycles. The van der Waals surface area contributed by atoms with E-state index in [0.717, 1.165) is 4.57 Å². The second kappa shape index (κ2) is 5.62. The number of hydrogen-bond donors (Lipinski definition) is 1. The molecule has 2 aromatic rings. The summed E-state index contributed by atoms with van der Waals surface area (Å²) in [5.41, 5.74) is 5.05. The van der Waals surface area contributed by atoms with Crippen molar-refractivity contribution in [3.05, 3.63) is 61.1 Å². The summed E-state index contributed by atoms with van der Waals surface area (Å²) < 4.78 is 16.0.